The van der Waals surface area contributed by atoms with Gasteiger partial charge in [0.1, 0.15) is 23.9 Å². The lowest BCUT2D eigenvalue weighted by molar-refractivity contribution is 0.198. The zero-order valence-electron chi connectivity index (χ0n) is 7.59. The second-order valence-electron chi connectivity index (χ2n) is 3.26. The molecule has 1 aromatic heterocycles. The quantitative estimate of drug-likeness (QED) is 0.670. The first kappa shape index (κ1) is 8.91. The fraction of sp³-hybridized carbons (Fsp3) is 0.444. The van der Waals surface area contributed by atoms with Gasteiger partial charge in [0.15, 0.2) is 0 Å². The van der Waals surface area contributed by atoms with E-state index in [0.29, 0.717) is 18.1 Å². The molecule has 1 atom stereocenters. The Bertz CT molecular complexity index is 373. The zero-order valence-corrected chi connectivity index (χ0v) is 7.59. The first-order valence-electron chi connectivity index (χ1n) is 4.45. The number of nitrogens with zero attached hydrogens (tertiary/aromatic N) is 4. The summed E-state index contributed by atoms with van der Waals surface area (Å²) in [6.07, 6.45) is 1.85. The van der Waals surface area contributed by atoms with Crippen molar-refractivity contribution < 1.29 is 5.11 Å². The van der Waals surface area contributed by atoms with Crippen LogP contribution < -0.4 is 4.90 Å². The van der Waals surface area contributed by atoms with Crippen LogP contribution in [0.15, 0.2) is 12.4 Å². The average Bonchev–Trinajstić information content (AvgIpc) is 2.65. The molecular formula is C9H10N4O. The van der Waals surface area contributed by atoms with Gasteiger partial charge >= 0.3 is 0 Å². The van der Waals surface area contributed by atoms with Crippen molar-refractivity contribution >= 4 is 5.82 Å². The Morgan fingerprint density at radius 3 is 3.07 bits per heavy atom. The third-order valence-corrected chi connectivity index (χ3v) is 2.25. The Kier molecular flexibility index (Phi) is 2.29. The highest BCUT2D eigenvalue weighted by molar-refractivity contribution is 5.42. The second kappa shape index (κ2) is 3.60. The number of aliphatic hydroxyl groups excluding tert-OH is 1. The number of aromatic nitrogens is 2. The molecule has 72 valence electrons. The highest BCUT2D eigenvalue weighted by atomic mass is 16.3. The number of anilines is 1. The van der Waals surface area contributed by atoms with Crippen molar-refractivity contribution in [1.82, 2.24) is 9.97 Å². The molecule has 1 aromatic rings. The monoisotopic (exact) mass is 190 g/mol. The lowest BCUT2D eigenvalue weighted by Gasteiger charge is -2.15. The van der Waals surface area contributed by atoms with Gasteiger partial charge in [-0.1, -0.05) is 0 Å². The minimum atomic E-state index is -0.282. The molecule has 5 heteroatoms. The van der Waals surface area contributed by atoms with Crippen molar-refractivity contribution in [3.8, 4) is 6.07 Å². The lowest BCUT2D eigenvalue weighted by Crippen LogP contribution is -2.22. The van der Waals surface area contributed by atoms with Crippen molar-refractivity contribution in [2.45, 2.75) is 12.5 Å². The van der Waals surface area contributed by atoms with Crippen LogP contribution in [-0.4, -0.2) is 34.3 Å². The number of rotatable bonds is 1. The lowest BCUT2D eigenvalue weighted by atomic mass is 10.3. The molecule has 0 radical (unpaired) electrons. The van der Waals surface area contributed by atoms with Gasteiger partial charge in [-0.25, -0.2) is 9.97 Å². The highest BCUT2D eigenvalue weighted by Crippen LogP contribution is 2.17. The van der Waals surface area contributed by atoms with Crippen LogP contribution in [0.1, 0.15) is 12.1 Å². The van der Waals surface area contributed by atoms with E-state index in [-0.39, 0.29) is 6.10 Å². The Hall–Kier alpha value is -1.67. The molecule has 1 aliphatic rings. The second-order valence-corrected chi connectivity index (χ2v) is 3.26. The van der Waals surface area contributed by atoms with Crippen LogP contribution in [0.25, 0.3) is 0 Å². The molecule has 0 bridgehead atoms. The molecule has 0 aromatic carbocycles. The van der Waals surface area contributed by atoms with Gasteiger partial charge in [-0.15, -0.1) is 0 Å². The molecule has 0 spiro atoms. The van der Waals surface area contributed by atoms with Gasteiger partial charge in [-0.2, -0.15) is 5.26 Å². The van der Waals surface area contributed by atoms with Crippen LogP contribution in [-0.2, 0) is 0 Å². The molecule has 14 heavy (non-hydrogen) atoms. The van der Waals surface area contributed by atoms with Crippen molar-refractivity contribution in [3.63, 3.8) is 0 Å². The minimum Gasteiger partial charge on any atom is -0.391 e. The Morgan fingerprint density at radius 1 is 1.57 bits per heavy atom. The number of hydrogen-bond donors (Lipinski definition) is 1. The molecule has 0 amide bonds. The minimum absolute atomic E-state index is 0.282. The summed E-state index contributed by atoms with van der Waals surface area (Å²) in [5.41, 5.74) is 0.358. The van der Waals surface area contributed by atoms with E-state index in [4.69, 9.17) is 5.26 Å². The summed E-state index contributed by atoms with van der Waals surface area (Å²) in [6.45, 7) is 1.37. The van der Waals surface area contributed by atoms with Crippen LogP contribution in [0.2, 0.25) is 0 Å². The van der Waals surface area contributed by atoms with Crippen molar-refractivity contribution in [1.29, 1.82) is 5.26 Å². The van der Waals surface area contributed by atoms with E-state index in [2.05, 4.69) is 9.97 Å². The summed E-state index contributed by atoms with van der Waals surface area (Å²) >= 11 is 0. The van der Waals surface area contributed by atoms with Crippen LogP contribution in [0, 0.1) is 11.3 Å². The first-order chi connectivity index (χ1) is 6.79. The van der Waals surface area contributed by atoms with Crippen LogP contribution in [0.5, 0.6) is 0 Å². The van der Waals surface area contributed by atoms with Gasteiger partial charge < -0.3 is 10.0 Å². The zero-order chi connectivity index (χ0) is 9.97. The summed E-state index contributed by atoms with van der Waals surface area (Å²) in [4.78, 5) is 9.79. The van der Waals surface area contributed by atoms with E-state index >= 15 is 0 Å². The molecule has 5 nitrogen and oxygen atoms in total. The number of β-amino-alcohol motifs (C(OH)–C–C–N with tert-alkyl or cyclic N) is 1. The maximum atomic E-state index is 9.34. The van der Waals surface area contributed by atoms with Gasteiger partial charge in [0.2, 0.25) is 0 Å². The summed E-state index contributed by atoms with van der Waals surface area (Å²) in [5.74, 6) is 0.716. The maximum Gasteiger partial charge on any atom is 0.145 e. The topological polar surface area (TPSA) is 73.0 Å². The summed E-state index contributed by atoms with van der Waals surface area (Å²) in [6, 6.07) is 3.60. The Labute approximate surface area is 81.6 Å². The van der Waals surface area contributed by atoms with Gasteiger partial charge in [0.05, 0.1) is 6.10 Å². The van der Waals surface area contributed by atoms with E-state index in [0.717, 1.165) is 13.0 Å². The van der Waals surface area contributed by atoms with Gasteiger partial charge in [-0.3, -0.25) is 0 Å². The SMILES string of the molecule is N#Cc1cc(N2CC[C@@H](O)C2)ncn1. The molecule has 2 heterocycles. The molecule has 2 rings (SSSR count). The predicted octanol–water partition coefficient (Wildman–Crippen LogP) is -0.0807. The van der Waals surface area contributed by atoms with Crippen molar-refractivity contribution in [2.75, 3.05) is 18.0 Å². The standard InChI is InChI=1S/C9H10N4O/c10-4-7-3-9(12-6-11-7)13-2-1-8(14)5-13/h3,6,8,14H,1-2,5H2/t8-/m1/s1. The summed E-state index contributed by atoms with van der Waals surface area (Å²) in [7, 11) is 0. The van der Waals surface area contributed by atoms with Gasteiger partial charge in [-0.05, 0) is 6.42 Å². The van der Waals surface area contributed by atoms with E-state index < -0.39 is 0 Å². The maximum absolute atomic E-state index is 9.34. The van der Waals surface area contributed by atoms with Gasteiger partial charge in [0, 0.05) is 19.2 Å². The van der Waals surface area contributed by atoms with Crippen LogP contribution >= 0.6 is 0 Å². The largest absolute Gasteiger partial charge is 0.391 e. The molecular weight excluding hydrogens is 180 g/mol. The molecule has 1 saturated heterocycles. The molecule has 0 unspecified atom stereocenters. The van der Waals surface area contributed by atoms with Crippen LogP contribution in [0.3, 0.4) is 0 Å². The molecule has 0 aliphatic carbocycles. The third-order valence-electron chi connectivity index (χ3n) is 2.25. The number of aliphatic hydroxyl groups is 1. The fourth-order valence-corrected chi connectivity index (χ4v) is 1.53. The fourth-order valence-electron chi connectivity index (χ4n) is 1.53. The van der Waals surface area contributed by atoms with Crippen LogP contribution in [0.4, 0.5) is 5.82 Å². The molecule has 1 fully saturated rings. The number of hydrogen-bond acceptors (Lipinski definition) is 5. The van der Waals surface area contributed by atoms with E-state index in [1.807, 2.05) is 11.0 Å². The highest BCUT2D eigenvalue weighted by Gasteiger charge is 2.21. The van der Waals surface area contributed by atoms with Crippen molar-refractivity contribution in [3.05, 3.63) is 18.1 Å². The Morgan fingerprint density at radius 2 is 2.43 bits per heavy atom. The average molecular weight is 190 g/mol. The molecule has 1 aliphatic heterocycles. The van der Waals surface area contributed by atoms with Gasteiger partial charge in [0.25, 0.3) is 0 Å². The van der Waals surface area contributed by atoms with Crippen molar-refractivity contribution in [2.24, 2.45) is 0 Å². The normalized spacial score (nSPS) is 20.9. The molecule has 1 N–H and O–H groups in total. The molecule has 0 saturated carbocycles. The van der Waals surface area contributed by atoms with E-state index in [1.54, 1.807) is 6.07 Å². The van der Waals surface area contributed by atoms with E-state index in [9.17, 15) is 5.11 Å². The predicted molar refractivity (Wildman–Crippen MR) is 49.6 cm³/mol. The number of nitriles is 1. The first-order valence-corrected chi connectivity index (χ1v) is 4.45. The Balaban J connectivity index is 2.20. The smallest absolute Gasteiger partial charge is 0.145 e. The summed E-state index contributed by atoms with van der Waals surface area (Å²) in [5, 5.41) is 18.0. The van der Waals surface area contributed by atoms with E-state index in [1.165, 1.54) is 6.33 Å². The third kappa shape index (κ3) is 1.65. The summed E-state index contributed by atoms with van der Waals surface area (Å²) < 4.78 is 0.